The van der Waals surface area contributed by atoms with Crippen LogP contribution in [0.15, 0.2) is 29.2 Å². The minimum Gasteiger partial charge on any atom is -0.336 e. The van der Waals surface area contributed by atoms with E-state index in [1.807, 2.05) is 24.3 Å². The molecule has 2 rings (SSSR count). The van der Waals surface area contributed by atoms with E-state index in [0.29, 0.717) is 6.04 Å². The number of hydrogen-bond donors (Lipinski definition) is 1. The van der Waals surface area contributed by atoms with Crippen LogP contribution in [-0.4, -0.2) is 42.7 Å². The van der Waals surface area contributed by atoms with Gasteiger partial charge in [-0.25, -0.2) is 0 Å². The van der Waals surface area contributed by atoms with E-state index in [-0.39, 0.29) is 5.91 Å². The van der Waals surface area contributed by atoms with E-state index in [0.717, 1.165) is 44.5 Å². The third-order valence-corrected chi connectivity index (χ3v) is 4.56. The highest BCUT2D eigenvalue weighted by Gasteiger charge is 2.25. The number of amides is 1. The standard InChI is InChI=1S/C16H24N2OS/c1-3-12-18(14-8-10-17-11-9-14)16(19)13-4-6-15(20-2)7-5-13/h4-7,14,17H,3,8-12H2,1-2H3. The van der Waals surface area contributed by atoms with Crippen molar-refractivity contribution in [1.29, 1.82) is 0 Å². The summed E-state index contributed by atoms with van der Waals surface area (Å²) in [5.41, 5.74) is 0.815. The van der Waals surface area contributed by atoms with E-state index in [2.05, 4.69) is 23.4 Å². The van der Waals surface area contributed by atoms with Gasteiger partial charge >= 0.3 is 0 Å². The normalized spacial score (nSPS) is 16.1. The minimum absolute atomic E-state index is 0.186. The zero-order valence-electron chi connectivity index (χ0n) is 12.4. The summed E-state index contributed by atoms with van der Waals surface area (Å²) in [4.78, 5) is 16.0. The Hall–Kier alpha value is -1.00. The second-order valence-electron chi connectivity index (χ2n) is 5.21. The van der Waals surface area contributed by atoms with Gasteiger partial charge in [-0.15, -0.1) is 11.8 Å². The highest BCUT2D eigenvalue weighted by Crippen LogP contribution is 2.19. The predicted octanol–water partition coefficient (Wildman–Crippen LogP) is 3.01. The van der Waals surface area contributed by atoms with E-state index < -0.39 is 0 Å². The molecule has 3 nitrogen and oxygen atoms in total. The van der Waals surface area contributed by atoms with Gasteiger partial charge in [0.25, 0.3) is 5.91 Å². The first kappa shape index (κ1) is 15.4. The Kier molecular flexibility index (Phi) is 5.92. The fraction of sp³-hybridized carbons (Fsp3) is 0.562. The molecule has 0 bridgehead atoms. The van der Waals surface area contributed by atoms with Gasteiger partial charge < -0.3 is 10.2 Å². The molecule has 0 aliphatic carbocycles. The second kappa shape index (κ2) is 7.70. The summed E-state index contributed by atoms with van der Waals surface area (Å²) in [6, 6.07) is 8.37. The number of thioether (sulfide) groups is 1. The summed E-state index contributed by atoms with van der Waals surface area (Å²) >= 11 is 1.70. The molecule has 0 saturated carbocycles. The molecule has 0 aromatic heterocycles. The Morgan fingerprint density at radius 2 is 1.95 bits per heavy atom. The van der Waals surface area contributed by atoms with Crippen molar-refractivity contribution < 1.29 is 4.79 Å². The third-order valence-electron chi connectivity index (χ3n) is 3.81. The molecule has 0 spiro atoms. The molecule has 4 heteroatoms. The smallest absolute Gasteiger partial charge is 0.254 e. The van der Waals surface area contributed by atoms with Crippen molar-refractivity contribution in [3.05, 3.63) is 29.8 Å². The third kappa shape index (κ3) is 3.76. The summed E-state index contributed by atoms with van der Waals surface area (Å²) < 4.78 is 0. The molecule has 1 amide bonds. The van der Waals surface area contributed by atoms with Crippen LogP contribution in [0.5, 0.6) is 0 Å². The maximum Gasteiger partial charge on any atom is 0.254 e. The number of carbonyl (C=O) groups is 1. The second-order valence-corrected chi connectivity index (χ2v) is 6.09. The predicted molar refractivity (Wildman–Crippen MR) is 85.4 cm³/mol. The molecule has 1 aliphatic rings. The Morgan fingerprint density at radius 1 is 1.30 bits per heavy atom. The van der Waals surface area contributed by atoms with E-state index >= 15 is 0 Å². The van der Waals surface area contributed by atoms with E-state index in [4.69, 9.17) is 0 Å². The lowest BCUT2D eigenvalue weighted by Gasteiger charge is -2.34. The highest BCUT2D eigenvalue weighted by molar-refractivity contribution is 7.98. The molecular formula is C16H24N2OS. The molecule has 20 heavy (non-hydrogen) atoms. The van der Waals surface area contributed by atoms with Gasteiger partial charge in [-0.2, -0.15) is 0 Å². The van der Waals surface area contributed by atoms with Crippen LogP contribution in [0.3, 0.4) is 0 Å². The monoisotopic (exact) mass is 292 g/mol. The van der Waals surface area contributed by atoms with Crippen LogP contribution in [0.4, 0.5) is 0 Å². The zero-order chi connectivity index (χ0) is 14.4. The van der Waals surface area contributed by atoms with E-state index in [1.54, 1.807) is 11.8 Å². The van der Waals surface area contributed by atoms with Crippen LogP contribution in [0, 0.1) is 0 Å². The summed E-state index contributed by atoms with van der Waals surface area (Å²) in [6.07, 6.45) is 5.19. The molecule has 1 fully saturated rings. The molecule has 1 aromatic carbocycles. The highest BCUT2D eigenvalue weighted by atomic mass is 32.2. The number of rotatable bonds is 5. The van der Waals surface area contributed by atoms with Gasteiger partial charge in [-0.1, -0.05) is 6.92 Å². The summed E-state index contributed by atoms with van der Waals surface area (Å²) in [6.45, 7) is 5.03. The van der Waals surface area contributed by atoms with Gasteiger partial charge in [0.15, 0.2) is 0 Å². The molecule has 1 heterocycles. The van der Waals surface area contributed by atoms with Crippen molar-refractivity contribution in [2.45, 2.75) is 37.1 Å². The maximum absolute atomic E-state index is 12.7. The lowest BCUT2D eigenvalue weighted by molar-refractivity contribution is 0.0642. The van der Waals surface area contributed by atoms with Gasteiger partial charge in [-0.05, 0) is 62.9 Å². The van der Waals surface area contributed by atoms with Crippen LogP contribution in [0.1, 0.15) is 36.5 Å². The lowest BCUT2D eigenvalue weighted by atomic mass is 10.0. The SMILES string of the molecule is CCCN(C(=O)c1ccc(SC)cc1)C1CCNCC1. The van der Waals surface area contributed by atoms with Gasteiger partial charge in [0, 0.05) is 23.0 Å². The van der Waals surface area contributed by atoms with Crippen LogP contribution < -0.4 is 5.32 Å². The summed E-state index contributed by atoms with van der Waals surface area (Å²) in [5, 5.41) is 3.36. The molecule has 0 atom stereocenters. The number of carbonyl (C=O) groups excluding carboxylic acids is 1. The first-order chi connectivity index (χ1) is 9.76. The Morgan fingerprint density at radius 3 is 2.50 bits per heavy atom. The fourth-order valence-corrected chi connectivity index (χ4v) is 3.12. The molecule has 0 unspecified atom stereocenters. The van der Waals surface area contributed by atoms with Crippen LogP contribution >= 0.6 is 11.8 Å². The average molecular weight is 292 g/mol. The first-order valence-corrected chi connectivity index (χ1v) is 8.64. The Bertz CT molecular complexity index is 427. The fourth-order valence-electron chi connectivity index (χ4n) is 2.71. The van der Waals surface area contributed by atoms with Crippen LogP contribution in [-0.2, 0) is 0 Å². The molecule has 1 saturated heterocycles. The van der Waals surface area contributed by atoms with Crippen molar-refractivity contribution in [3.8, 4) is 0 Å². The number of hydrogen-bond acceptors (Lipinski definition) is 3. The van der Waals surface area contributed by atoms with Gasteiger partial charge in [0.05, 0.1) is 0 Å². The van der Waals surface area contributed by atoms with E-state index in [1.165, 1.54) is 4.90 Å². The number of benzene rings is 1. The van der Waals surface area contributed by atoms with Gasteiger partial charge in [0.1, 0.15) is 0 Å². The number of nitrogens with zero attached hydrogens (tertiary/aromatic N) is 1. The van der Waals surface area contributed by atoms with Gasteiger partial charge in [-0.3, -0.25) is 4.79 Å². The quantitative estimate of drug-likeness (QED) is 0.847. The first-order valence-electron chi connectivity index (χ1n) is 7.42. The molecule has 1 N–H and O–H groups in total. The molecular weight excluding hydrogens is 268 g/mol. The number of nitrogens with one attached hydrogen (secondary N) is 1. The topological polar surface area (TPSA) is 32.3 Å². The minimum atomic E-state index is 0.186. The Balaban J connectivity index is 2.12. The van der Waals surface area contributed by atoms with Crippen molar-refractivity contribution in [2.24, 2.45) is 0 Å². The lowest BCUT2D eigenvalue weighted by Crippen LogP contribution is -2.46. The van der Waals surface area contributed by atoms with Gasteiger partial charge in [0.2, 0.25) is 0 Å². The molecule has 1 aromatic rings. The van der Waals surface area contributed by atoms with Crippen LogP contribution in [0.2, 0.25) is 0 Å². The number of piperidine rings is 1. The molecule has 110 valence electrons. The zero-order valence-corrected chi connectivity index (χ0v) is 13.2. The van der Waals surface area contributed by atoms with Crippen molar-refractivity contribution >= 4 is 17.7 Å². The van der Waals surface area contributed by atoms with Crippen molar-refractivity contribution in [3.63, 3.8) is 0 Å². The van der Waals surface area contributed by atoms with Crippen molar-refractivity contribution in [1.82, 2.24) is 10.2 Å². The average Bonchev–Trinajstić information content (AvgIpc) is 2.53. The maximum atomic E-state index is 12.7. The van der Waals surface area contributed by atoms with E-state index in [9.17, 15) is 4.79 Å². The van der Waals surface area contributed by atoms with Crippen LogP contribution in [0.25, 0.3) is 0 Å². The Labute approximate surface area is 126 Å². The molecule has 1 aliphatic heterocycles. The summed E-state index contributed by atoms with van der Waals surface area (Å²) in [5.74, 6) is 0.186. The molecule has 0 radical (unpaired) electrons. The van der Waals surface area contributed by atoms with Crippen molar-refractivity contribution in [2.75, 3.05) is 25.9 Å². The largest absolute Gasteiger partial charge is 0.336 e. The summed E-state index contributed by atoms with van der Waals surface area (Å²) in [7, 11) is 0.